The third kappa shape index (κ3) is 1.83. The molecule has 3 aliphatic rings. The van der Waals surface area contributed by atoms with E-state index in [2.05, 4.69) is 10.6 Å². The van der Waals surface area contributed by atoms with Crippen molar-refractivity contribution in [3.63, 3.8) is 0 Å². The van der Waals surface area contributed by atoms with Crippen molar-refractivity contribution in [1.29, 1.82) is 0 Å². The maximum absolute atomic E-state index is 13.3. The molecule has 2 saturated heterocycles. The summed E-state index contributed by atoms with van der Waals surface area (Å²) in [6.07, 6.45) is 0.701. The van der Waals surface area contributed by atoms with Crippen LogP contribution < -0.4 is 10.6 Å². The van der Waals surface area contributed by atoms with E-state index in [-0.39, 0.29) is 29.8 Å². The highest BCUT2D eigenvalue weighted by molar-refractivity contribution is 6.15. The van der Waals surface area contributed by atoms with Gasteiger partial charge in [0.2, 0.25) is 17.7 Å². The molecule has 1 spiro atoms. The minimum Gasteiger partial charge on any atom is -0.324 e. The van der Waals surface area contributed by atoms with Crippen LogP contribution in [0.15, 0.2) is 12.1 Å². The summed E-state index contributed by atoms with van der Waals surface area (Å²) < 4.78 is 0. The Kier molecular flexibility index (Phi) is 3.57. The van der Waals surface area contributed by atoms with E-state index >= 15 is 0 Å². The molecule has 0 saturated carbocycles. The number of likely N-dealkylation sites (tertiary alicyclic amines) is 1. The summed E-state index contributed by atoms with van der Waals surface area (Å²) in [7, 11) is 0. The number of carbonyl (C=O) groups is 3. The Hall–Kier alpha value is -2.21. The molecule has 0 aliphatic carbocycles. The molecule has 2 N–H and O–H groups in total. The van der Waals surface area contributed by atoms with Crippen molar-refractivity contribution in [1.82, 2.24) is 10.2 Å². The van der Waals surface area contributed by atoms with Crippen LogP contribution in [-0.2, 0) is 19.9 Å². The van der Waals surface area contributed by atoms with Crippen LogP contribution in [0, 0.1) is 25.7 Å². The molecule has 6 nitrogen and oxygen atoms in total. The first-order valence-electron chi connectivity index (χ1n) is 9.32. The predicted octanol–water partition coefficient (Wildman–Crippen LogP) is 1.84. The molecule has 0 radical (unpaired) electrons. The number of benzene rings is 1. The third-order valence-corrected chi connectivity index (χ3v) is 6.63. The molecule has 3 heterocycles. The number of nitrogens with one attached hydrogen (secondary N) is 2. The summed E-state index contributed by atoms with van der Waals surface area (Å²) in [5, 5.41) is 6.32. The van der Waals surface area contributed by atoms with E-state index in [1.165, 1.54) is 4.90 Å². The van der Waals surface area contributed by atoms with E-state index in [1.54, 1.807) is 0 Å². The highest BCUT2D eigenvalue weighted by Crippen LogP contribution is 2.53. The quantitative estimate of drug-likeness (QED) is 0.794. The summed E-state index contributed by atoms with van der Waals surface area (Å²) in [6.45, 7) is 9.70. The van der Waals surface area contributed by atoms with Crippen molar-refractivity contribution in [3.05, 3.63) is 28.8 Å². The topological polar surface area (TPSA) is 78.5 Å². The van der Waals surface area contributed by atoms with Crippen LogP contribution >= 0.6 is 0 Å². The lowest BCUT2D eigenvalue weighted by Crippen LogP contribution is -2.53. The smallest absolute Gasteiger partial charge is 0.250 e. The van der Waals surface area contributed by atoms with Crippen LogP contribution in [0.25, 0.3) is 0 Å². The number of aryl methyl sites for hydroxylation is 1. The zero-order valence-corrected chi connectivity index (χ0v) is 15.8. The van der Waals surface area contributed by atoms with Gasteiger partial charge in [-0.15, -0.1) is 0 Å². The maximum Gasteiger partial charge on any atom is 0.250 e. The van der Waals surface area contributed by atoms with Gasteiger partial charge in [-0.2, -0.15) is 0 Å². The summed E-state index contributed by atoms with van der Waals surface area (Å²) in [4.78, 5) is 40.9. The first kappa shape index (κ1) is 17.2. The zero-order chi connectivity index (χ0) is 19.0. The van der Waals surface area contributed by atoms with Crippen LogP contribution in [0.3, 0.4) is 0 Å². The fourth-order valence-corrected chi connectivity index (χ4v) is 4.92. The number of imide groups is 1. The van der Waals surface area contributed by atoms with Crippen LogP contribution in [0.1, 0.15) is 43.9 Å². The second kappa shape index (κ2) is 5.39. The lowest BCUT2D eigenvalue weighted by atomic mass is 9.76. The monoisotopic (exact) mass is 355 g/mol. The summed E-state index contributed by atoms with van der Waals surface area (Å²) in [5.41, 5.74) is 2.49. The summed E-state index contributed by atoms with van der Waals surface area (Å²) in [5.74, 6) is -1.81. The van der Waals surface area contributed by atoms with Gasteiger partial charge in [-0.25, -0.2) is 0 Å². The molecular formula is C20H25N3O3. The van der Waals surface area contributed by atoms with Crippen molar-refractivity contribution in [3.8, 4) is 0 Å². The second-order valence-corrected chi connectivity index (χ2v) is 7.93. The molecule has 26 heavy (non-hydrogen) atoms. The van der Waals surface area contributed by atoms with E-state index in [1.807, 2.05) is 46.8 Å². The Morgan fingerprint density at radius 2 is 1.88 bits per heavy atom. The van der Waals surface area contributed by atoms with E-state index in [0.717, 1.165) is 22.4 Å². The lowest BCUT2D eigenvalue weighted by molar-refractivity contribution is -0.145. The van der Waals surface area contributed by atoms with Gasteiger partial charge in [-0.3, -0.25) is 24.6 Å². The Bertz CT molecular complexity index is 849. The van der Waals surface area contributed by atoms with Gasteiger partial charge in [0.05, 0.1) is 11.8 Å². The fraction of sp³-hybridized carbons (Fsp3) is 0.550. The van der Waals surface area contributed by atoms with Crippen LogP contribution in [0.5, 0.6) is 0 Å². The summed E-state index contributed by atoms with van der Waals surface area (Å²) in [6, 6.07) is 3.49. The standard InChI is InChI=1S/C20H25N3O3/c1-6-10(3)23-17(24)14-12(5)22-20(15(14)18(23)25)13-8-7-9(2)11(4)16(13)21-19(20)26/h7-8,10,12,14-15,22H,6H2,1-5H3,(H,21,26)/t10-,12+,14-,15+,20-/m1/s1. The van der Waals surface area contributed by atoms with Crippen LogP contribution in [-0.4, -0.2) is 34.7 Å². The molecular weight excluding hydrogens is 330 g/mol. The van der Waals surface area contributed by atoms with Gasteiger partial charge in [-0.1, -0.05) is 19.1 Å². The number of rotatable bonds is 2. The molecule has 3 aliphatic heterocycles. The van der Waals surface area contributed by atoms with Gasteiger partial charge in [0.1, 0.15) is 5.54 Å². The molecule has 4 rings (SSSR count). The number of carbonyl (C=O) groups excluding carboxylic acids is 3. The Balaban J connectivity index is 1.90. The Morgan fingerprint density at radius 1 is 1.19 bits per heavy atom. The van der Waals surface area contributed by atoms with Gasteiger partial charge < -0.3 is 5.32 Å². The van der Waals surface area contributed by atoms with Gasteiger partial charge in [-0.05, 0) is 45.2 Å². The van der Waals surface area contributed by atoms with Crippen molar-refractivity contribution in [2.24, 2.45) is 11.8 Å². The molecule has 0 aromatic heterocycles. The van der Waals surface area contributed by atoms with E-state index in [0.29, 0.717) is 6.42 Å². The van der Waals surface area contributed by atoms with Crippen molar-refractivity contribution in [2.45, 2.75) is 58.7 Å². The Labute approximate surface area is 153 Å². The highest BCUT2D eigenvalue weighted by Gasteiger charge is 2.70. The molecule has 138 valence electrons. The molecule has 5 atom stereocenters. The third-order valence-electron chi connectivity index (χ3n) is 6.63. The average molecular weight is 355 g/mol. The van der Waals surface area contributed by atoms with Crippen LogP contribution in [0.4, 0.5) is 5.69 Å². The normalized spacial score (nSPS) is 33.7. The first-order chi connectivity index (χ1) is 12.3. The zero-order valence-electron chi connectivity index (χ0n) is 15.8. The van der Waals surface area contributed by atoms with E-state index in [4.69, 9.17) is 0 Å². The lowest BCUT2D eigenvalue weighted by Gasteiger charge is -2.30. The Morgan fingerprint density at radius 3 is 2.54 bits per heavy atom. The average Bonchev–Trinajstić information content (AvgIpc) is 3.16. The number of anilines is 1. The molecule has 6 heteroatoms. The van der Waals surface area contributed by atoms with Gasteiger partial charge in [0.15, 0.2) is 0 Å². The first-order valence-corrected chi connectivity index (χ1v) is 9.32. The minimum atomic E-state index is -1.16. The van der Waals surface area contributed by atoms with Crippen LogP contribution in [0.2, 0.25) is 0 Å². The van der Waals surface area contributed by atoms with Crippen molar-refractivity contribution >= 4 is 23.4 Å². The fourth-order valence-electron chi connectivity index (χ4n) is 4.92. The molecule has 2 fully saturated rings. The van der Waals surface area contributed by atoms with Crippen molar-refractivity contribution in [2.75, 3.05) is 5.32 Å². The molecule has 1 aromatic carbocycles. The molecule has 0 unspecified atom stereocenters. The van der Waals surface area contributed by atoms with E-state index < -0.39 is 17.4 Å². The van der Waals surface area contributed by atoms with Crippen molar-refractivity contribution < 1.29 is 14.4 Å². The number of amides is 3. The second-order valence-electron chi connectivity index (χ2n) is 7.93. The number of nitrogens with zero attached hydrogens (tertiary/aromatic N) is 1. The minimum absolute atomic E-state index is 0.156. The molecule has 3 amide bonds. The van der Waals surface area contributed by atoms with Gasteiger partial charge in [0.25, 0.3) is 0 Å². The number of hydrogen-bond donors (Lipinski definition) is 2. The predicted molar refractivity (Wildman–Crippen MR) is 97.4 cm³/mol. The number of fused-ring (bicyclic) bond motifs is 4. The number of hydrogen-bond acceptors (Lipinski definition) is 4. The molecule has 0 bridgehead atoms. The highest BCUT2D eigenvalue weighted by atomic mass is 16.2. The maximum atomic E-state index is 13.3. The largest absolute Gasteiger partial charge is 0.324 e. The van der Waals surface area contributed by atoms with Gasteiger partial charge >= 0.3 is 0 Å². The van der Waals surface area contributed by atoms with E-state index in [9.17, 15) is 14.4 Å². The SMILES string of the molecule is CC[C@@H](C)N1C(=O)[C@@H]2[C@H](C)N[C@@]3(C(=O)Nc4c3ccc(C)c4C)[C@@H]2C1=O. The molecule has 1 aromatic rings. The van der Waals surface area contributed by atoms with Gasteiger partial charge in [0, 0.05) is 23.3 Å². The summed E-state index contributed by atoms with van der Waals surface area (Å²) >= 11 is 0.